The number of para-hydroxylation sites is 1. The highest BCUT2D eigenvalue weighted by molar-refractivity contribution is 8.26. The lowest BCUT2D eigenvalue weighted by Gasteiger charge is -2.17. The molecule has 0 aromatic heterocycles. The van der Waals surface area contributed by atoms with Gasteiger partial charge in [-0.25, -0.2) is 4.39 Å². The molecule has 2 aromatic rings. The van der Waals surface area contributed by atoms with Crippen molar-refractivity contribution in [2.24, 2.45) is 5.92 Å². The Morgan fingerprint density at radius 3 is 2.44 bits per heavy atom. The van der Waals surface area contributed by atoms with Crippen LogP contribution in [0.15, 0.2) is 53.4 Å². The molecule has 6 nitrogen and oxygen atoms in total. The van der Waals surface area contributed by atoms with Gasteiger partial charge >= 0.3 is 0 Å². The number of thioether (sulfide) groups is 1. The minimum absolute atomic E-state index is 0.222. The van der Waals surface area contributed by atoms with E-state index >= 15 is 0 Å². The summed E-state index contributed by atoms with van der Waals surface area (Å²) in [5.74, 6) is -1.34. The molecular weight excluding hydrogens is 449 g/mol. The van der Waals surface area contributed by atoms with Crippen LogP contribution in [0, 0.1) is 11.7 Å². The molecule has 1 fully saturated rings. The van der Waals surface area contributed by atoms with E-state index in [1.807, 2.05) is 13.8 Å². The van der Waals surface area contributed by atoms with Crippen LogP contribution in [-0.2, 0) is 14.4 Å². The van der Waals surface area contributed by atoms with Gasteiger partial charge in [0, 0.05) is 17.8 Å². The third-order valence-corrected chi connectivity index (χ3v) is 6.43. The number of thiocarbonyl (C=S) groups is 1. The maximum absolute atomic E-state index is 13.4. The molecule has 32 heavy (non-hydrogen) atoms. The summed E-state index contributed by atoms with van der Waals surface area (Å²) in [6, 6.07) is 12.4. The van der Waals surface area contributed by atoms with Crippen molar-refractivity contribution in [2.75, 3.05) is 23.3 Å². The number of nitrogens with zero attached hydrogens (tertiary/aromatic N) is 2. The number of rotatable bonds is 5. The average Bonchev–Trinajstić information content (AvgIpc) is 3.17. The van der Waals surface area contributed by atoms with Gasteiger partial charge in [0.25, 0.3) is 11.8 Å². The van der Waals surface area contributed by atoms with Crippen molar-refractivity contribution in [1.82, 2.24) is 4.90 Å². The number of hydrogen-bond donors (Lipinski definition) is 1. The van der Waals surface area contributed by atoms with E-state index in [2.05, 4.69) is 5.32 Å². The van der Waals surface area contributed by atoms with E-state index in [1.165, 1.54) is 34.1 Å². The zero-order chi connectivity index (χ0) is 23.0. The van der Waals surface area contributed by atoms with Gasteiger partial charge in [0.15, 0.2) is 0 Å². The molecule has 0 aliphatic carbocycles. The van der Waals surface area contributed by atoms with Crippen LogP contribution in [0.4, 0.5) is 15.8 Å². The molecule has 4 rings (SSSR count). The summed E-state index contributed by atoms with van der Waals surface area (Å²) in [5, 5.41) is 2.66. The number of halogens is 1. The molecule has 0 atom stereocenters. The number of carbonyl (C=O) groups is 3. The second-order valence-corrected chi connectivity index (χ2v) is 9.49. The van der Waals surface area contributed by atoms with Gasteiger partial charge in [0.2, 0.25) is 5.91 Å². The fraction of sp³-hybridized carbons (Fsp3) is 0.217. The fourth-order valence-electron chi connectivity index (χ4n) is 3.61. The highest BCUT2D eigenvalue weighted by atomic mass is 32.2. The Balaban J connectivity index is 1.63. The Morgan fingerprint density at radius 2 is 1.75 bits per heavy atom. The van der Waals surface area contributed by atoms with E-state index in [1.54, 1.807) is 24.3 Å². The number of benzene rings is 2. The van der Waals surface area contributed by atoms with Gasteiger partial charge in [-0.15, -0.1) is 0 Å². The van der Waals surface area contributed by atoms with Crippen molar-refractivity contribution in [3.8, 4) is 0 Å². The third kappa shape index (κ3) is 4.18. The SMILES string of the molecule is CC(C)CN1C(=O)/C(=C2/C(=O)N(CC(=O)Nc3ccc(F)cc3)c3ccccc32)SC1=S. The van der Waals surface area contributed by atoms with E-state index in [9.17, 15) is 18.8 Å². The van der Waals surface area contributed by atoms with Crippen molar-refractivity contribution in [3.63, 3.8) is 0 Å². The number of anilines is 2. The maximum atomic E-state index is 13.4. The predicted molar refractivity (Wildman–Crippen MR) is 127 cm³/mol. The van der Waals surface area contributed by atoms with Gasteiger partial charge in [0.1, 0.15) is 16.7 Å². The monoisotopic (exact) mass is 469 g/mol. The van der Waals surface area contributed by atoms with Crippen LogP contribution in [0.3, 0.4) is 0 Å². The standard InChI is InChI=1S/C23H20FN3O3S2/c1-13(2)11-27-22(30)20(32-23(27)31)19-16-5-3-4-6-17(16)26(21(19)29)12-18(28)25-15-9-7-14(24)8-10-15/h3-10,13H,11-12H2,1-2H3,(H,25,28)/b20-19-. The van der Waals surface area contributed by atoms with Gasteiger partial charge in [-0.1, -0.05) is 56.0 Å². The van der Waals surface area contributed by atoms with E-state index in [4.69, 9.17) is 12.2 Å². The largest absolute Gasteiger partial charge is 0.325 e. The molecule has 1 N–H and O–H groups in total. The highest BCUT2D eigenvalue weighted by Crippen LogP contribution is 2.44. The molecular formula is C23H20FN3O3S2. The van der Waals surface area contributed by atoms with Gasteiger partial charge in [-0.2, -0.15) is 0 Å². The number of amides is 3. The van der Waals surface area contributed by atoms with E-state index in [-0.39, 0.29) is 28.8 Å². The molecule has 0 unspecified atom stereocenters. The Morgan fingerprint density at radius 1 is 1.06 bits per heavy atom. The van der Waals surface area contributed by atoms with Gasteiger partial charge in [0.05, 0.1) is 16.2 Å². The molecule has 2 heterocycles. The first-order valence-corrected chi connectivity index (χ1v) is 11.2. The summed E-state index contributed by atoms with van der Waals surface area (Å²) >= 11 is 6.50. The summed E-state index contributed by atoms with van der Waals surface area (Å²) in [7, 11) is 0. The summed E-state index contributed by atoms with van der Waals surface area (Å²) in [6.07, 6.45) is 0. The minimum atomic E-state index is -0.437. The molecule has 1 saturated heterocycles. The number of carbonyl (C=O) groups excluding carboxylic acids is 3. The van der Waals surface area contributed by atoms with Crippen molar-refractivity contribution in [1.29, 1.82) is 0 Å². The topological polar surface area (TPSA) is 69.7 Å². The van der Waals surface area contributed by atoms with Gasteiger partial charge in [-0.05, 0) is 36.2 Å². The molecule has 2 aliphatic rings. The zero-order valence-electron chi connectivity index (χ0n) is 17.4. The Labute approximate surface area is 194 Å². The summed E-state index contributed by atoms with van der Waals surface area (Å²) in [4.78, 5) is 42.2. The summed E-state index contributed by atoms with van der Waals surface area (Å²) in [5.41, 5.74) is 1.83. The fourth-order valence-corrected chi connectivity index (χ4v) is 4.95. The lowest BCUT2D eigenvalue weighted by atomic mass is 10.1. The molecule has 0 saturated carbocycles. The van der Waals surface area contributed by atoms with Gasteiger partial charge in [-0.3, -0.25) is 24.2 Å². The highest BCUT2D eigenvalue weighted by Gasteiger charge is 2.42. The van der Waals surface area contributed by atoms with Crippen LogP contribution in [0.1, 0.15) is 19.4 Å². The number of nitrogens with one attached hydrogen (secondary N) is 1. The first-order chi connectivity index (χ1) is 15.3. The molecule has 3 amide bonds. The van der Waals surface area contributed by atoms with Crippen molar-refractivity contribution in [2.45, 2.75) is 13.8 Å². The second-order valence-electron chi connectivity index (χ2n) is 7.85. The normalized spacial score (nSPS) is 18.1. The second kappa shape index (κ2) is 8.84. The van der Waals surface area contributed by atoms with Crippen LogP contribution in [0.25, 0.3) is 5.57 Å². The summed E-state index contributed by atoms with van der Waals surface area (Å²) < 4.78 is 13.5. The van der Waals surface area contributed by atoms with Crippen LogP contribution >= 0.6 is 24.0 Å². The first-order valence-electron chi connectivity index (χ1n) is 10.0. The number of fused-ring (bicyclic) bond motifs is 1. The van der Waals surface area contributed by atoms with Crippen LogP contribution in [-0.4, -0.2) is 40.0 Å². The Kier molecular flexibility index (Phi) is 6.12. The van der Waals surface area contributed by atoms with E-state index in [0.717, 1.165) is 11.8 Å². The molecule has 0 bridgehead atoms. The molecule has 164 valence electrons. The lowest BCUT2D eigenvalue weighted by Crippen LogP contribution is -2.36. The maximum Gasteiger partial charge on any atom is 0.267 e. The van der Waals surface area contributed by atoms with E-state index < -0.39 is 17.6 Å². The van der Waals surface area contributed by atoms with Crippen molar-refractivity contribution >= 4 is 63.0 Å². The Hall–Kier alpha value is -3.04. The first kappa shape index (κ1) is 22.2. The van der Waals surface area contributed by atoms with Crippen LogP contribution in [0.5, 0.6) is 0 Å². The molecule has 9 heteroatoms. The molecule has 0 spiro atoms. The smallest absolute Gasteiger partial charge is 0.267 e. The Bertz CT molecular complexity index is 1160. The predicted octanol–water partition coefficient (Wildman–Crippen LogP) is 4.04. The zero-order valence-corrected chi connectivity index (χ0v) is 19.1. The molecule has 2 aliphatic heterocycles. The lowest BCUT2D eigenvalue weighted by molar-refractivity contribution is -0.122. The van der Waals surface area contributed by atoms with Gasteiger partial charge < -0.3 is 5.32 Å². The van der Waals surface area contributed by atoms with E-state index in [0.29, 0.717) is 27.8 Å². The number of hydrogen-bond acceptors (Lipinski definition) is 5. The van der Waals surface area contributed by atoms with Crippen molar-refractivity contribution < 1.29 is 18.8 Å². The summed E-state index contributed by atoms with van der Waals surface area (Å²) in [6.45, 7) is 4.20. The van der Waals surface area contributed by atoms with Crippen LogP contribution < -0.4 is 10.2 Å². The van der Waals surface area contributed by atoms with Crippen LogP contribution in [0.2, 0.25) is 0 Å². The minimum Gasteiger partial charge on any atom is -0.325 e. The molecule has 2 aromatic carbocycles. The quantitative estimate of drug-likeness (QED) is 0.529. The van der Waals surface area contributed by atoms with Crippen molar-refractivity contribution in [3.05, 3.63) is 64.8 Å². The molecule has 0 radical (unpaired) electrons. The average molecular weight is 470 g/mol. The third-order valence-electron chi connectivity index (χ3n) is 4.98.